The molecule has 8 nitrogen and oxygen atoms in total. The van der Waals surface area contributed by atoms with E-state index in [0.717, 1.165) is 55.8 Å². The van der Waals surface area contributed by atoms with Crippen LogP contribution < -0.4 is 0 Å². The molecule has 0 aromatic carbocycles. The first-order chi connectivity index (χ1) is 15.9. The molecule has 1 saturated carbocycles. The zero-order valence-corrected chi connectivity index (χ0v) is 19.6. The highest BCUT2D eigenvalue weighted by molar-refractivity contribution is 5.93. The van der Waals surface area contributed by atoms with Crippen molar-refractivity contribution in [3.63, 3.8) is 0 Å². The largest absolute Gasteiger partial charge is 0.449 e. The van der Waals surface area contributed by atoms with Gasteiger partial charge in [0.1, 0.15) is 5.60 Å². The molecule has 0 N–H and O–H groups in total. The van der Waals surface area contributed by atoms with Crippen molar-refractivity contribution in [3.05, 3.63) is 35.8 Å². The number of pyridine rings is 1. The van der Waals surface area contributed by atoms with Gasteiger partial charge in [-0.15, -0.1) is 0 Å². The van der Waals surface area contributed by atoms with E-state index in [2.05, 4.69) is 15.0 Å². The number of likely N-dealkylation sites (tertiary alicyclic amines) is 1. The second-order valence-corrected chi connectivity index (χ2v) is 9.82. The lowest BCUT2D eigenvalue weighted by Gasteiger charge is -2.37. The Kier molecular flexibility index (Phi) is 5.95. The number of likely N-dealkylation sites (N-methyl/N-ethyl adjacent to an activating group) is 1. The minimum Gasteiger partial charge on any atom is -0.449 e. The van der Waals surface area contributed by atoms with Crippen molar-refractivity contribution in [1.29, 1.82) is 0 Å². The van der Waals surface area contributed by atoms with Crippen LogP contribution in [-0.4, -0.2) is 69.7 Å². The molecular weight excluding hydrogens is 418 g/mol. The summed E-state index contributed by atoms with van der Waals surface area (Å²) < 4.78 is 7.63. The molecule has 1 amide bonds. The van der Waals surface area contributed by atoms with Crippen LogP contribution in [0, 0.1) is 5.92 Å². The molecule has 0 unspecified atom stereocenters. The molecule has 3 aliphatic rings. The molecule has 33 heavy (non-hydrogen) atoms. The van der Waals surface area contributed by atoms with Crippen LogP contribution in [0.1, 0.15) is 61.0 Å². The van der Waals surface area contributed by atoms with Crippen LogP contribution >= 0.6 is 0 Å². The van der Waals surface area contributed by atoms with Crippen molar-refractivity contribution >= 4 is 11.9 Å². The number of aryl methyl sites for hydroxylation is 1. The van der Waals surface area contributed by atoms with Crippen molar-refractivity contribution in [3.8, 4) is 11.3 Å². The van der Waals surface area contributed by atoms with Gasteiger partial charge in [-0.3, -0.25) is 9.48 Å². The predicted octanol–water partition coefficient (Wildman–Crippen LogP) is 2.98. The molecule has 2 aromatic rings. The lowest BCUT2D eigenvalue weighted by atomic mass is 9.75. The summed E-state index contributed by atoms with van der Waals surface area (Å²) in [4.78, 5) is 34.7. The number of hydrogen-bond donors (Lipinski definition) is 0. The Labute approximate surface area is 194 Å². The summed E-state index contributed by atoms with van der Waals surface area (Å²) in [6.07, 6.45) is 10.2. The van der Waals surface area contributed by atoms with Crippen LogP contribution in [0.2, 0.25) is 0 Å². The fraction of sp³-hybridized carbons (Fsp3) is 0.600. The maximum atomic E-state index is 13.1. The van der Waals surface area contributed by atoms with Crippen LogP contribution in [0.3, 0.4) is 0 Å². The smallest absolute Gasteiger partial charge is 0.358 e. The number of amides is 1. The topological polar surface area (TPSA) is 80.6 Å². The Morgan fingerprint density at radius 1 is 1.21 bits per heavy atom. The van der Waals surface area contributed by atoms with Crippen LogP contribution in [-0.2, 0) is 22.2 Å². The SMILES string of the molecule is CN(CCN1CCCCC1)C(=O)[C@H]1CC[C@@]2(CC1)OC(=O)c1nc(-c3cnn(C)c3)ccc12. The lowest BCUT2D eigenvalue weighted by molar-refractivity contribution is -0.137. The molecule has 1 spiro atoms. The average molecular weight is 452 g/mol. The second kappa shape index (κ2) is 8.89. The Morgan fingerprint density at radius 3 is 2.67 bits per heavy atom. The maximum absolute atomic E-state index is 13.1. The molecule has 176 valence electrons. The summed E-state index contributed by atoms with van der Waals surface area (Å²) >= 11 is 0. The summed E-state index contributed by atoms with van der Waals surface area (Å²) in [5.74, 6) is -0.150. The average Bonchev–Trinajstić information content (AvgIpc) is 3.39. The molecule has 0 bridgehead atoms. The Morgan fingerprint density at radius 2 is 1.97 bits per heavy atom. The highest BCUT2D eigenvalue weighted by Gasteiger charge is 2.49. The zero-order valence-electron chi connectivity index (χ0n) is 19.6. The van der Waals surface area contributed by atoms with Gasteiger partial charge < -0.3 is 14.5 Å². The van der Waals surface area contributed by atoms with E-state index in [-0.39, 0.29) is 17.8 Å². The van der Waals surface area contributed by atoms with Gasteiger partial charge in [-0.05, 0) is 57.7 Å². The third-order valence-corrected chi connectivity index (χ3v) is 7.59. The van der Waals surface area contributed by atoms with E-state index in [1.54, 1.807) is 10.9 Å². The summed E-state index contributed by atoms with van der Waals surface area (Å²) in [6.45, 7) is 4.03. The van der Waals surface area contributed by atoms with Gasteiger partial charge in [0, 0.05) is 50.4 Å². The molecule has 8 heteroatoms. The summed E-state index contributed by atoms with van der Waals surface area (Å²) in [5, 5.41) is 4.19. The number of aromatic nitrogens is 3. The van der Waals surface area contributed by atoms with E-state index >= 15 is 0 Å². The van der Waals surface area contributed by atoms with E-state index in [1.807, 2.05) is 37.3 Å². The van der Waals surface area contributed by atoms with Gasteiger partial charge >= 0.3 is 5.97 Å². The molecule has 1 saturated heterocycles. The van der Waals surface area contributed by atoms with Crippen LogP contribution in [0.25, 0.3) is 11.3 Å². The number of carbonyl (C=O) groups is 2. The van der Waals surface area contributed by atoms with Gasteiger partial charge in [0.05, 0.1) is 11.9 Å². The van der Waals surface area contributed by atoms with Gasteiger partial charge in [0.2, 0.25) is 5.91 Å². The number of nitrogens with zero attached hydrogens (tertiary/aromatic N) is 5. The van der Waals surface area contributed by atoms with Crippen molar-refractivity contribution in [2.24, 2.45) is 13.0 Å². The number of ether oxygens (including phenoxy) is 1. The number of rotatable bonds is 5. The van der Waals surface area contributed by atoms with Crippen LogP contribution in [0.5, 0.6) is 0 Å². The van der Waals surface area contributed by atoms with Crippen molar-refractivity contribution in [2.45, 2.75) is 50.5 Å². The van der Waals surface area contributed by atoms with Crippen LogP contribution in [0.15, 0.2) is 24.5 Å². The van der Waals surface area contributed by atoms with Crippen LogP contribution in [0.4, 0.5) is 0 Å². The number of carbonyl (C=O) groups excluding carboxylic acids is 2. The van der Waals surface area contributed by atoms with E-state index in [4.69, 9.17) is 4.74 Å². The molecule has 2 fully saturated rings. The third-order valence-electron chi connectivity index (χ3n) is 7.59. The maximum Gasteiger partial charge on any atom is 0.358 e. The Hall–Kier alpha value is -2.74. The monoisotopic (exact) mass is 451 g/mol. The number of hydrogen-bond acceptors (Lipinski definition) is 6. The molecule has 1 aliphatic carbocycles. The molecular formula is C25H33N5O3. The van der Waals surface area contributed by atoms with Gasteiger partial charge in [0.25, 0.3) is 0 Å². The summed E-state index contributed by atoms with van der Waals surface area (Å²) in [5.41, 5.74) is 2.21. The highest BCUT2D eigenvalue weighted by atomic mass is 16.6. The standard InChI is InChI=1S/C25H33N5O3/c1-28(14-15-30-12-4-3-5-13-30)23(31)18-8-10-25(11-9-18)20-6-7-21(19-16-26-29(2)17-19)27-22(20)24(32)33-25/h6-7,16-18H,3-5,8-15H2,1-2H3/t18-,25-. The highest BCUT2D eigenvalue weighted by Crippen LogP contribution is 2.48. The van der Waals surface area contributed by atoms with E-state index < -0.39 is 5.60 Å². The molecule has 4 heterocycles. The molecule has 5 rings (SSSR count). The summed E-state index contributed by atoms with van der Waals surface area (Å²) in [7, 11) is 3.77. The zero-order chi connectivity index (χ0) is 23.0. The van der Waals surface area contributed by atoms with Crippen molar-refractivity contribution in [2.75, 3.05) is 33.2 Å². The fourth-order valence-electron chi connectivity index (χ4n) is 5.58. The van der Waals surface area contributed by atoms with E-state index in [0.29, 0.717) is 18.5 Å². The molecule has 0 radical (unpaired) electrons. The van der Waals surface area contributed by atoms with E-state index in [1.165, 1.54) is 19.3 Å². The minimum atomic E-state index is -0.643. The first-order valence-electron chi connectivity index (χ1n) is 12.2. The number of fused-ring (bicyclic) bond motifs is 2. The quantitative estimate of drug-likeness (QED) is 0.650. The van der Waals surface area contributed by atoms with Crippen molar-refractivity contribution < 1.29 is 14.3 Å². The Bertz CT molecular complexity index is 1030. The molecule has 2 aromatic heterocycles. The third kappa shape index (κ3) is 4.28. The first kappa shape index (κ1) is 22.1. The van der Waals surface area contributed by atoms with Gasteiger partial charge in [-0.25, -0.2) is 9.78 Å². The second-order valence-electron chi connectivity index (χ2n) is 9.82. The molecule has 0 atom stereocenters. The Balaban J connectivity index is 1.22. The summed E-state index contributed by atoms with van der Waals surface area (Å²) in [6, 6.07) is 3.91. The van der Waals surface area contributed by atoms with Gasteiger partial charge in [-0.1, -0.05) is 12.5 Å². The first-order valence-corrected chi connectivity index (χ1v) is 12.2. The van der Waals surface area contributed by atoms with Gasteiger partial charge in [-0.2, -0.15) is 5.10 Å². The lowest BCUT2D eigenvalue weighted by Crippen LogP contribution is -2.43. The number of esters is 1. The number of piperidine rings is 1. The minimum absolute atomic E-state index is 0.00708. The normalized spacial score (nSPS) is 25.2. The van der Waals surface area contributed by atoms with E-state index in [9.17, 15) is 9.59 Å². The molecule has 2 aliphatic heterocycles. The fourth-order valence-corrected chi connectivity index (χ4v) is 5.58. The van der Waals surface area contributed by atoms with Crippen molar-refractivity contribution in [1.82, 2.24) is 24.6 Å². The predicted molar refractivity (Wildman–Crippen MR) is 123 cm³/mol. The van der Waals surface area contributed by atoms with Gasteiger partial charge in [0.15, 0.2) is 5.69 Å².